The van der Waals surface area contributed by atoms with Gasteiger partial charge in [-0.05, 0) is 36.2 Å². The van der Waals surface area contributed by atoms with Gasteiger partial charge in [-0.25, -0.2) is 4.98 Å². The lowest BCUT2D eigenvalue weighted by atomic mass is 9.95. The number of aliphatic hydroxyl groups is 1. The first-order chi connectivity index (χ1) is 14.5. The highest BCUT2D eigenvalue weighted by molar-refractivity contribution is 6.51. The summed E-state index contributed by atoms with van der Waals surface area (Å²) in [6, 6.07) is 18.6. The molecule has 2 heterocycles. The van der Waals surface area contributed by atoms with Gasteiger partial charge in [0.25, 0.3) is 5.78 Å². The van der Waals surface area contributed by atoms with Crippen LogP contribution in [0.2, 0.25) is 0 Å². The molecule has 3 aromatic rings. The van der Waals surface area contributed by atoms with Crippen molar-refractivity contribution in [1.29, 1.82) is 0 Å². The number of carbonyl (C=O) groups is 2. The van der Waals surface area contributed by atoms with Gasteiger partial charge in [0.15, 0.2) is 0 Å². The highest BCUT2D eigenvalue weighted by Crippen LogP contribution is 2.42. The Balaban J connectivity index is 1.95. The van der Waals surface area contributed by atoms with Crippen molar-refractivity contribution in [3.8, 4) is 5.75 Å². The van der Waals surface area contributed by atoms with E-state index in [2.05, 4.69) is 4.98 Å². The molecule has 6 heteroatoms. The van der Waals surface area contributed by atoms with Crippen LogP contribution in [0.15, 0.2) is 78.5 Å². The molecule has 1 aliphatic heterocycles. The predicted octanol–water partition coefficient (Wildman–Crippen LogP) is 4.02. The number of Topliss-reactive ketones (excluding diaryl/α,β-unsaturated/α-hetero) is 1. The summed E-state index contributed by atoms with van der Waals surface area (Å²) in [5, 5.41) is 11.0. The van der Waals surface area contributed by atoms with Gasteiger partial charge in [-0.1, -0.05) is 48.5 Å². The lowest BCUT2D eigenvalue weighted by Gasteiger charge is -2.25. The molecule has 1 atom stereocenters. The zero-order chi connectivity index (χ0) is 21.3. The molecular formula is C24H20N2O4. The van der Waals surface area contributed by atoms with Crippen LogP contribution in [0.3, 0.4) is 0 Å². The molecule has 30 heavy (non-hydrogen) atoms. The number of aliphatic hydroxyl groups excluding tert-OH is 1. The van der Waals surface area contributed by atoms with Crippen LogP contribution < -0.4 is 9.64 Å². The number of ketones is 1. The van der Waals surface area contributed by atoms with Gasteiger partial charge in [-0.2, -0.15) is 0 Å². The van der Waals surface area contributed by atoms with E-state index < -0.39 is 17.7 Å². The average molecular weight is 400 g/mol. The Kier molecular flexibility index (Phi) is 5.06. The minimum absolute atomic E-state index is 0.0291. The van der Waals surface area contributed by atoms with Crippen molar-refractivity contribution >= 4 is 23.3 Å². The van der Waals surface area contributed by atoms with Crippen LogP contribution >= 0.6 is 0 Å². The number of aryl methyl sites for hydroxylation is 1. The molecule has 1 unspecified atom stereocenters. The van der Waals surface area contributed by atoms with Crippen LogP contribution in [0.1, 0.15) is 22.7 Å². The SMILES string of the molecule is COc1ccc(C2C(=C(O)c3ccccc3)C(=O)C(=O)N2c2ncccc2C)cc1. The molecule has 1 aliphatic rings. The zero-order valence-electron chi connectivity index (χ0n) is 16.6. The van der Waals surface area contributed by atoms with E-state index in [0.717, 1.165) is 5.56 Å². The molecule has 2 aromatic carbocycles. The fraction of sp³-hybridized carbons (Fsp3) is 0.125. The molecule has 1 amide bonds. The van der Waals surface area contributed by atoms with Crippen LogP contribution in [-0.4, -0.2) is 28.9 Å². The lowest BCUT2D eigenvalue weighted by molar-refractivity contribution is -0.132. The minimum atomic E-state index is -0.815. The maximum Gasteiger partial charge on any atom is 0.301 e. The van der Waals surface area contributed by atoms with Crippen molar-refractivity contribution in [2.75, 3.05) is 12.0 Å². The topological polar surface area (TPSA) is 79.7 Å². The number of aromatic nitrogens is 1. The van der Waals surface area contributed by atoms with Gasteiger partial charge in [0, 0.05) is 11.8 Å². The molecule has 0 aliphatic carbocycles. The highest BCUT2D eigenvalue weighted by Gasteiger charge is 2.47. The van der Waals surface area contributed by atoms with E-state index in [1.54, 1.807) is 67.9 Å². The number of rotatable bonds is 4. The van der Waals surface area contributed by atoms with Crippen molar-refractivity contribution in [3.63, 3.8) is 0 Å². The number of amides is 1. The Morgan fingerprint density at radius 1 is 1.00 bits per heavy atom. The van der Waals surface area contributed by atoms with E-state index in [1.165, 1.54) is 4.90 Å². The van der Waals surface area contributed by atoms with Crippen LogP contribution in [0.25, 0.3) is 5.76 Å². The second-order valence-corrected chi connectivity index (χ2v) is 6.95. The summed E-state index contributed by atoms with van der Waals surface area (Å²) >= 11 is 0. The number of benzene rings is 2. The number of carbonyl (C=O) groups excluding carboxylic acids is 2. The molecule has 0 radical (unpaired) electrons. The zero-order valence-corrected chi connectivity index (χ0v) is 16.6. The minimum Gasteiger partial charge on any atom is -0.507 e. The Morgan fingerprint density at radius 2 is 1.70 bits per heavy atom. The predicted molar refractivity (Wildman–Crippen MR) is 113 cm³/mol. The molecule has 4 rings (SSSR count). The van der Waals surface area contributed by atoms with E-state index in [4.69, 9.17) is 4.74 Å². The third-order valence-electron chi connectivity index (χ3n) is 5.13. The van der Waals surface area contributed by atoms with Crippen molar-refractivity contribution in [2.45, 2.75) is 13.0 Å². The molecule has 1 saturated heterocycles. The van der Waals surface area contributed by atoms with Gasteiger partial charge in [-0.3, -0.25) is 14.5 Å². The largest absolute Gasteiger partial charge is 0.507 e. The number of pyridine rings is 1. The van der Waals surface area contributed by atoms with Crippen LogP contribution in [0, 0.1) is 6.92 Å². The summed E-state index contributed by atoms with van der Waals surface area (Å²) < 4.78 is 5.23. The van der Waals surface area contributed by atoms with Gasteiger partial charge in [-0.15, -0.1) is 0 Å². The van der Waals surface area contributed by atoms with Gasteiger partial charge >= 0.3 is 5.91 Å². The van der Waals surface area contributed by atoms with Crippen molar-refractivity contribution in [1.82, 2.24) is 4.98 Å². The average Bonchev–Trinajstić information content (AvgIpc) is 3.05. The molecule has 0 saturated carbocycles. The molecule has 1 fully saturated rings. The van der Waals surface area contributed by atoms with Crippen LogP contribution in [0.5, 0.6) is 5.75 Å². The van der Waals surface area contributed by atoms with E-state index in [0.29, 0.717) is 22.7 Å². The Bertz CT molecular complexity index is 1140. The van der Waals surface area contributed by atoms with Crippen LogP contribution in [0.4, 0.5) is 5.82 Å². The molecule has 150 valence electrons. The summed E-state index contributed by atoms with van der Waals surface area (Å²) in [6.45, 7) is 1.82. The first-order valence-electron chi connectivity index (χ1n) is 9.45. The number of hydrogen-bond donors (Lipinski definition) is 1. The fourth-order valence-corrected chi connectivity index (χ4v) is 3.63. The monoisotopic (exact) mass is 400 g/mol. The Morgan fingerprint density at radius 3 is 2.33 bits per heavy atom. The molecule has 0 bridgehead atoms. The van der Waals surface area contributed by atoms with Crippen molar-refractivity contribution in [3.05, 3.63) is 95.2 Å². The molecule has 0 spiro atoms. The Hall–Kier alpha value is -3.93. The quantitative estimate of drug-likeness (QED) is 0.406. The number of hydrogen-bond acceptors (Lipinski definition) is 5. The fourth-order valence-electron chi connectivity index (χ4n) is 3.63. The van der Waals surface area contributed by atoms with E-state index in [1.807, 2.05) is 19.1 Å². The van der Waals surface area contributed by atoms with Crippen LogP contribution in [-0.2, 0) is 9.59 Å². The second kappa shape index (κ2) is 7.83. The summed E-state index contributed by atoms with van der Waals surface area (Å²) in [7, 11) is 1.56. The van der Waals surface area contributed by atoms with Gasteiger partial charge in [0.05, 0.1) is 18.7 Å². The number of nitrogens with zero attached hydrogens (tertiary/aromatic N) is 2. The normalized spacial score (nSPS) is 17.9. The van der Waals surface area contributed by atoms with E-state index >= 15 is 0 Å². The van der Waals surface area contributed by atoms with Crippen molar-refractivity contribution in [2.24, 2.45) is 0 Å². The summed E-state index contributed by atoms with van der Waals surface area (Å²) in [6.07, 6.45) is 1.57. The third-order valence-corrected chi connectivity index (χ3v) is 5.13. The highest BCUT2D eigenvalue weighted by atomic mass is 16.5. The number of methoxy groups -OCH3 is 1. The lowest BCUT2D eigenvalue weighted by Crippen LogP contribution is -2.30. The number of anilines is 1. The van der Waals surface area contributed by atoms with Crippen molar-refractivity contribution < 1.29 is 19.4 Å². The smallest absolute Gasteiger partial charge is 0.301 e. The van der Waals surface area contributed by atoms with Gasteiger partial charge in [0.2, 0.25) is 0 Å². The van der Waals surface area contributed by atoms with E-state index in [-0.39, 0.29) is 11.3 Å². The van der Waals surface area contributed by atoms with Gasteiger partial charge in [0.1, 0.15) is 17.3 Å². The molecule has 6 nitrogen and oxygen atoms in total. The third kappa shape index (κ3) is 3.22. The molecule has 1 N–H and O–H groups in total. The first kappa shape index (κ1) is 19.4. The maximum atomic E-state index is 13.1. The molecule has 1 aromatic heterocycles. The number of ether oxygens (including phenoxy) is 1. The van der Waals surface area contributed by atoms with Gasteiger partial charge < -0.3 is 9.84 Å². The maximum absolute atomic E-state index is 13.1. The molecular weight excluding hydrogens is 380 g/mol. The summed E-state index contributed by atoms with van der Waals surface area (Å²) in [5.74, 6) is -0.663. The summed E-state index contributed by atoms with van der Waals surface area (Å²) in [5.41, 5.74) is 1.91. The summed E-state index contributed by atoms with van der Waals surface area (Å²) in [4.78, 5) is 31.8. The first-order valence-corrected chi connectivity index (χ1v) is 9.45. The standard InChI is InChI=1S/C24H20N2O4/c1-15-7-6-14-25-23(15)26-20(16-10-12-18(30-2)13-11-16)19(22(28)24(26)29)21(27)17-8-4-3-5-9-17/h3-14,20,27H,1-2H3. The van der Waals surface area contributed by atoms with E-state index in [9.17, 15) is 14.7 Å². The second-order valence-electron chi connectivity index (χ2n) is 6.95. The Labute approximate surface area is 174 Å².